The van der Waals surface area contributed by atoms with E-state index in [1.165, 1.54) is 24.4 Å². The Balaban J connectivity index is 2.20. The number of H-pyrrole nitrogens is 1. The molecule has 1 aliphatic carbocycles. The van der Waals surface area contributed by atoms with Gasteiger partial charge in [-0.1, -0.05) is 0 Å². The standard InChI is InChI=1S/C7H10N2OS/c1-9(5-2-3-5)7-4-6(10)8-11-7/h4-5H,2-3H2,1H3,(H,8,10). The maximum atomic E-state index is 10.8. The Bertz CT molecular complexity index is 299. The van der Waals surface area contributed by atoms with Crippen LogP contribution in [-0.4, -0.2) is 17.5 Å². The smallest absolute Gasteiger partial charge is 0.260 e. The molecule has 1 heterocycles. The van der Waals surface area contributed by atoms with Crippen molar-refractivity contribution >= 4 is 16.5 Å². The number of anilines is 1. The van der Waals surface area contributed by atoms with Gasteiger partial charge in [-0.05, 0) is 24.4 Å². The highest BCUT2D eigenvalue weighted by atomic mass is 32.1. The lowest BCUT2D eigenvalue weighted by Gasteiger charge is -2.13. The fourth-order valence-corrected chi connectivity index (χ4v) is 1.81. The predicted molar refractivity (Wildman–Crippen MR) is 46.4 cm³/mol. The summed E-state index contributed by atoms with van der Waals surface area (Å²) in [7, 11) is 2.04. The summed E-state index contributed by atoms with van der Waals surface area (Å²) in [6.45, 7) is 0. The first-order valence-corrected chi connectivity index (χ1v) is 4.50. The summed E-state index contributed by atoms with van der Waals surface area (Å²) in [5, 5.41) is 1.05. The molecule has 4 heteroatoms. The van der Waals surface area contributed by atoms with E-state index in [-0.39, 0.29) is 5.56 Å². The molecule has 0 unspecified atom stereocenters. The van der Waals surface area contributed by atoms with Gasteiger partial charge in [0.05, 0.1) is 0 Å². The van der Waals surface area contributed by atoms with Gasteiger partial charge in [-0.25, -0.2) is 0 Å². The summed E-state index contributed by atoms with van der Waals surface area (Å²) < 4.78 is 2.68. The topological polar surface area (TPSA) is 36.1 Å². The minimum Gasteiger partial charge on any atom is -0.362 e. The van der Waals surface area contributed by atoms with Crippen LogP contribution in [0.2, 0.25) is 0 Å². The van der Waals surface area contributed by atoms with E-state index in [1.54, 1.807) is 6.07 Å². The van der Waals surface area contributed by atoms with Gasteiger partial charge >= 0.3 is 0 Å². The number of aromatic amines is 1. The molecule has 0 bridgehead atoms. The minimum absolute atomic E-state index is 0.0116. The molecule has 1 aromatic rings. The van der Waals surface area contributed by atoms with E-state index in [9.17, 15) is 4.79 Å². The number of aromatic nitrogens is 1. The van der Waals surface area contributed by atoms with Crippen molar-refractivity contribution in [1.29, 1.82) is 0 Å². The number of rotatable bonds is 2. The monoisotopic (exact) mass is 170 g/mol. The average Bonchev–Trinajstić information content (AvgIpc) is 2.74. The van der Waals surface area contributed by atoms with Crippen molar-refractivity contribution in [3.63, 3.8) is 0 Å². The number of hydrogen-bond donors (Lipinski definition) is 1. The summed E-state index contributed by atoms with van der Waals surface area (Å²) in [6, 6.07) is 2.34. The SMILES string of the molecule is CN(c1cc(=O)[nH]s1)C1CC1. The average molecular weight is 170 g/mol. The zero-order valence-electron chi connectivity index (χ0n) is 6.33. The van der Waals surface area contributed by atoms with Crippen LogP contribution >= 0.6 is 11.5 Å². The van der Waals surface area contributed by atoms with Gasteiger partial charge in [0.15, 0.2) is 0 Å². The Kier molecular flexibility index (Phi) is 1.49. The zero-order valence-corrected chi connectivity index (χ0v) is 7.15. The van der Waals surface area contributed by atoms with Crippen LogP contribution in [0.15, 0.2) is 10.9 Å². The lowest BCUT2D eigenvalue weighted by atomic mass is 10.5. The zero-order chi connectivity index (χ0) is 7.84. The summed E-state index contributed by atoms with van der Waals surface area (Å²) >= 11 is 1.41. The van der Waals surface area contributed by atoms with Crippen molar-refractivity contribution in [1.82, 2.24) is 4.37 Å². The van der Waals surface area contributed by atoms with E-state index in [0.717, 1.165) is 5.00 Å². The molecular formula is C7H10N2OS. The van der Waals surface area contributed by atoms with E-state index < -0.39 is 0 Å². The maximum absolute atomic E-state index is 10.8. The summed E-state index contributed by atoms with van der Waals surface area (Å²) in [5.74, 6) is 0. The molecular weight excluding hydrogens is 160 g/mol. The molecule has 1 fully saturated rings. The first-order chi connectivity index (χ1) is 5.27. The van der Waals surface area contributed by atoms with Crippen molar-refractivity contribution in [2.45, 2.75) is 18.9 Å². The highest BCUT2D eigenvalue weighted by molar-refractivity contribution is 7.10. The van der Waals surface area contributed by atoms with E-state index in [0.29, 0.717) is 6.04 Å². The molecule has 0 spiro atoms. The second kappa shape index (κ2) is 2.37. The molecule has 0 radical (unpaired) electrons. The number of hydrogen-bond acceptors (Lipinski definition) is 3. The Morgan fingerprint density at radius 2 is 2.45 bits per heavy atom. The number of nitrogens with one attached hydrogen (secondary N) is 1. The minimum atomic E-state index is 0.0116. The van der Waals surface area contributed by atoms with Gasteiger partial charge in [0, 0.05) is 19.2 Å². The van der Waals surface area contributed by atoms with E-state index in [2.05, 4.69) is 9.27 Å². The summed E-state index contributed by atoms with van der Waals surface area (Å²) in [5.41, 5.74) is 0.0116. The van der Waals surface area contributed by atoms with Crippen LogP contribution < -0.4 is 10.5 Å². The highest BCUT2D eigenvalue weighted by Crippen LogP contribution is 2.30. The summed E-state index contributed by atoms with van der Waals surface area (Å²) in [4.78, 5) is 12.9. The van der Waals surface area contributed by atoms with Gasteiger partial charge in [0.1, 0.15) is 5.00 Å². The van der Waals surface area contributed by atoms with Gasteiger partial charge < -0.3 is 4.90 Å². The quantitative estimate of drug-likeness (QED) is 0.719. The molecule has 60 valence electrons. The lowest BCUT2D eigenvalue weighted by Crippen LogP contribution is -2.18. The van der Waals surface area contributed by atoms with E-state index in [1.807, 2.05) is 7.05 Å². The summed E-state index contributed by atoms with van der Waals surface area (Å²) in [6.07, 6.45) is 2.53. The molecule has 1 saturated carbocycles. The Hall–Kier alpha value is -0.770. The van der Waals surface area contributed by atoms with Crippen LogP contribution in [-0.2, 0) is 0 Å². The third kappa shape index (κ3) is 1.30. The van der Waals surface area contributed by atoms with Crippen LogP contribution in [0.3, 0.4) is 0 Å². The molecule has 1 aliphatic rings. The third-order valence-corrected chi connectivity index (χ3v) is 2.87. The Morgan fingerprint density at radius 1 is 1.73 bits per heavy atom. The van der Waals surface area contributed by atoms with Crippen molar-refractivity contribution in [2.75, 3.05) is 11.9 Å². The lowest BCUT2D eigenvalue weighted by molar-refractivity contribution is 0.928. The molecule has 11 heavy (non-hydrogen) atoms. The molecule has 0 aliphatic heterocycles. The largest absolute Gasteiger partial charge is 0.362 e. The van der Waals surface area contributed by atoms with Crippen molar-refractivity contribution in [3.8, 4) is 0 Å². The van der Waals surface area contributed by atoms with Crippen LogP contribution in [0.5, 0.6) is 0 Å². The normalized spacial score (nSPS) is 16.8. The molecule has 0 aromatic carbocycles. The second-order valence-corrected chi connectivity index (χ2v) is 3.72. The van der Waals surface area contributed by atoms with E-state index >= 15 is 0 Å². The predicted octanol–water partition coefficient (Wildman–Crippen LogP) is 1.03. The van der Waals surface area contributed by atoms with Gasteiger partial charge in [0.25, 0.3) is 5.56 Å². The molecule has 1 N–H and O–H groups in total. The highest BCUT2D eigenvalue weighted by Gasteiger charge is 2.27. The molecule has 0 amide bonds. The molecule has 1 aromatic heterocycles. The fraction of sp³-hybridized carbons (Fsp3) is 0.571. The van der Waals surface area contributed by atoms with Gasteiger partial charge in [-0.15, -0.1) is 0 Å². The maximum Gasteiger partial charge on any atom is 0.260 e. The van der Waals surface area contributed by atoms with Crippen molar-refractivity contribution in [3.05, 3.63) is 16.4 Å². The number of nitrogens with zero attached hydrogens (tertiary/aromatic N) is 1. The van der Waals surface area contributed by atoms with Crippen LogP contribution in [0.1, 0.15) is 12.8 Å². The van der Waals surface area contributed by atoms with E-state index in [4.69, 9.17) is 0 Å². The molecule has 0 atom stereocenters. The molecule has 0 saturated heterocycles. The van der Waals surface area contributed by atoms with Crippen LogP contribution in [0.4, 0.5) is 5.00 Å². The van der Waals surface area contributed by atoms with Crippen LogP contribution in [0.25, 0.3) is 0 Å². The van der Waals surface area contributed by atoms with Crippen molar-refractivity contribution < 1.29 is 0 Å². The first kappa shape index (κ1) is 6.91. The first-order valence-electron chi connectivity index (χ1n) is 3.69. The second-order valence-electron chi connectivity index (χ2n) is 2.89. The fourth-order valence-electron chi connectivity index (χ4n) is 1.09. The Labute approximate surface area is 68.8 Å². The Morgan fingerprint density at radius 3 is 2.91 bits per heavy atom. The van der Waals surface area contributed by atoms with Gasteiger partial charge in [0.2, 0.25) is 0 Å². The van der Waals surface area contributed by atoms with Crippen molar-refractivity contribution in [2.24, 2.45) is 0 Å². The molecule has 3 nitrogen and oxygen atoms in total. The van der Waals surface area contributed by atoms with Crippen LogP contribution in [0, 0.1) is 0 Å². The van der Waals surface area contributed by atoms with Gasteiger partial charge in [-0.2, -0.15) is 0 Å². The van der Waals surface area contributed by atoms with Gasteiger partial charge in [-0.3, -0.25) is 9.17 Å². The molecule has 2 rings (SSSR count). The third-order valence-electron chi connectivity index (χ3n) is 1.95.